The van der Waals surface area contributed by atoms with Gasteiger partial charge in [-0.2, -0.15) is 10.4 Å². The Morgan fingerprint density at radius 3 is 2.65 bits per heavy atom. The van der Waals surface area contributed by atoms with Crippen LogP contribution < -0.4 is 5.73 Å². The number of hydrogen-bond acceptors (Lipinski definition) is 5. The van der Waals surface area contributed by atoms with Crippen molar-refractivity contribution in [3.05, 3.63) is 28.0 Å². The van der Waals surface area contributed by atoms with Gasteiger partial charge in [0.2, 0.25) is 0 Å². The number of nitrogen functional groups attached to an aromatic ring is 1. The monoisotopic (exact) mass is 248 g/mol. The fourth-order valence-corrected chi connectivity index (χ4v) is 1.50. The molecule has 0 saturated heterocycles. The number of halogens is 1. The zero-order valence-electron chi connectivity index (χ0n) is 9.27. The zero-order chi connectivity index (χ0) is 12.6. The van der Waals surface area contributed by atoms with Gasteiger partial charge in [-0.25, -0.2) is 4.68 Å². The van der Waals surface area contributed by atoms with E-state index >= 15 is 0 Å². The zero-order valence-corrected chi connectivity index (χ0v) is 10.0. The molecule has 0 aromatic carbocycles. The van der Waals surface area contributed by atoms with Crippen molar-refractivity contribution in [3.8, 4) is 11.9 Å². The van der Waals surface area contributed by atoms with Gasteiger partial charge in [-0.1, -0.05) is 11.6 Å². The molecule has 2 aromatic heterocycles. The van der Waals surface area contributed by atoms with Crippen LogP contribution in [0.15, 0.2) is 6.20 Å². The van der Waals surface area contributed by atoms with E-state index in [9.17, 15) is 0 Å². The van der Waals surface area contributed by atoms with Gasteiger partial charge < -0.3 is 5.73 Å². The largest absolute Gasteiger partial charge is 0.381 e. The quantitative estimate of drug-likeness (QED) is 0.823. The van der Waals surface area contributed by atoms with Gasteiger partial charge in [-0.3, -0.25) is 0 Å². The van der Waals surface area contributed by atoms with Gasteiger partial charge >= 0.3 is 0 Å². The van der Waals surface area contributed by atoms with Gasteiger partial charge in [0, 0.05) is 0 Å². The number of rotatable bonds is 1. The highest BCUT2D eigenvalue weighted by molar-refractivity contribution is 6.32. The fourth-order valence-electron chi connectivity index (χ4n) is 1.36. The average molecular weight is 249 g/mol. The predicted molar refractivity (Wildman–Crippen MR) is 62.8 cm³/mol. The molecule has 0 aliphatic rings. The number of aromatic nitrogens is 4. The molecule has 2 N–H and O–H groups in total. The van der Waals surface area contributed by atoms with Crippen LogP contribution in [-0.2, 0) is 0 Å². The molecule has 0 saturated carbocycles. The van der Waals surface area contributed by atoms with E-state index in [-0.39, 0.29) is 5.82 Å². The summed E-state index contributed by atoms with van der Waals surface area (Å²) in [6.07, 6.45) is 1.50. The molecular formula is C10H9ClN6. The van der Waals surface area contributed by atoms with Crippen molar-refractivity contribution in [2.24, 2.45) is 0 Å². The molecule has 0 atom stereocenters. The average Bonchev–Trinajstić information content (AvgIpc) is 2.62. The summed E-state index contributed by atoms with van der Waals surface area (Å²) in [5.41, 5.74) is 7.43. The number of aryl methyl sites for hydroxylation is 1. The van der Waals surface area contributed by atoms with Crippen molar-refractivity contribution in [2.75, 3.05) is 5.73 Å². The third kappa shape index (κ3) is 1.81. The minimum atomic E-state index is 0.190. The van der Waals surface area contributed by atoms with Gasteiger partial charge in [-0.15, -0.1) is 10.2 Å². The molecular weight excluding hydrogens is 240 g/mol. The molecule has 2 aromatic rings. The number of nitrogens with two attached hydrogens (primary N) is 1. The summed E-state index contributed by atoms with van der Waals surface area (Å²) in [6.45, 7) is 3.60. The maximum atomic E-state index is 9.14. The third-order valence-corrected chi connectivity index (χ3v) is 2.75. The summed E-state index contributed by atoms with van der Waals surface area (Å²) < 4.78 is 1.36. The van der Waals surface area contributed by atoms with Crippen molar-refractivity contribution in [1.29, 1.82) is 5.26 Å². The first-order valence-corrected chi connectivity index (χ1v) is 5.17. The lowest BCUT2D eigenvalue weighted by atomic mass is 10.1. The molecule has 7 heteroatoms. The van der Waals surface area contributed by atoms with Crippen LogP contribution >= 0.6 is 11.6 Å². The van der Waals surface area contributed by atoms with Crippen LogP contribution in [0.3, 0.4) is 0 Å². The molecule has 2 rings (SSSR count). The third-order valence-electron chi connectivity index (χ3n) is 2.46. The van der Waals surface area contributed by atoms with Crippen LogP contribution in [0.1, 0.15) is 16.8 Å². The number of anilines is 1. The van der Waals surface area contributed by atoms with Crippen LogP contribution in [0.5, 0.6) is 0 Å². The number of nitriles is 1. The summed E-state index contributed by atoms with van der Waals surface area (Å²) in [7, 11) is 0. The molecule has 0 aliphatic heterocycles. The van der Waals surface area contributed by atoms with E-state index in [0.29, 0.717) is 22.1 Å². The van der Waals surface area contributed by atoms with Gasteiger partial charge in [0.05, 0.1) is 11.9 Å². The van der Waals surface area contributed by atoms with Crippen molar-refractivity contribution in [1.82, 2.24) is 20.0 Å². The predicted octanol–water partition coefficient (Wildman–Crippen LogP) is 1.39. The maximum Gasteiger partial charge on any atom is 0.194 e. The highest BCUT2D eigenvalue weighted by Crippen LogP contribution is 2.21. The van der Waals surface area contributed by atoms with E-state index in [4.69, 9.17) is 22.6 Å². The molecule has 0 unspecified atom stereocenters. The SMILES string of the molecule is Cc1nnc(-n2cc(Cl)c(N)n2)c(C#N)c1C. The summed E-state index contributed by atoms with van der Waals surface area (Å²) in [4.78, 5) is 0. The minimum absolute atomic E-state index is 0.190. The van der Waals surface area contributed by atoms with Gasteiger partial charge in [0.25, 0.3) is 0 Å². The van der Waals surface area contributed by atoms with E-state index in [1.165, 1.54) is 10.9 Å². The van der Waals surface area contributed by atoms with Gasteiger partial charge in [-0.05, 0) is 19.4 Å². The Morgan fingerprint density at radius 1 is 1.41 bits per heavy atom. The van der Waals surface area contributed by atoms with Crippen molar-refractivity contribution in [3.63, 3.8) is 0 Å². The second kappa shape index (κ2) is 4.03. The molecule has 0 spiro atoms. The molecule has 0 radical (unpaired) electrons. The van der Waals surface area contributed by atoms with Crippen molar-refractivity contribution < 1.29 is 0 Å². The Hall–Kier alpha value is -2.13. The summed E-state index contributed by atoms with van der Waals surface area (Å²) in [5, 5.41) is 21.3. The topological polar surface area (TPSA) is 93.4 Å². The fraction of sp³-hybridized carbons (Fsp3) is 0.200. The Kier molecular flexibility index (Phi) is 2.69. The Bertz CT molecular complexity index is 605. The first-order valence-electron chi connectivity index (χ1n) is 4.79. The van der Waals surface area contributed by atoms with Crippen molar-refractivity contribution in [2.45, 2.75) is 13.8 Å². The second-order valence-corrected chi connectivity index (χ2v) is 3.93. The maximum absolute atomic E-state index is 9.14. The van der Waals surface area contributed by atoms with Crippen LogP contribution in [0.4, 0.5) is 5.82 Å². The Balaban J connectivity index is 2.68. The Morgan fingerprint density at radius 2 is 2.12 bits per heavy atom. The lowest BCUT2D eigenvalue weighted by Crippen LogP contribution is -2.07. The highest BCUT2D eigenvalue weighted by atomic mass is 35.5. The molecule has 6 nitrogen and oxygen atoms in total. The summed E-state index contributed by atoms with van der Waals surface area (Å²) in [5.74, 6) is 0.518. The van der Waals surface area contributed by atoms with E-state index in [0.717, 1.165) is 5.56 Å². The molecule has 0 bridgehead atoms. The molecule has 86 valence electrons. The first kappa shape index (κ1) is 11.4. The van der Waals surface area contributed by atoms with Crippen molar-refractivity contribution >= 4 is 17.4 Å². The van der Waals surface area contributed by atoms with Crippen LogP contribution in [0.2, 0.25) is 5.02 Å². The van der Waals surface area contributed by atoms with Crippen LogP contribution in [-0.4, -0.2) is 20.0 Å². The lowest BCUT2D eigenvalue weighted by Gasteiger charge is -2.06. The number of hydrogen-bond donors (Lipinski definition) is 1. The molecule has 0 fully saturated rings. The second-order valence-electron chi connectivity index (χ2n) is 3.53. The Labute approximate surface area is 103 Å². The molecule has 2 heterocycles. The number of nitrogens with zero attached hydrogens (tertiary/aromatic N) is 5. The minimum Gasteiger partial charge on any atom is -0.381 e. The van der Waals surface area contributed by atoms with Gasteiger partial charge in [0.15, 0.2) is 11.6 Å². The molecule has 0 amide bonds. The first-order chi connectivity index (χ1) is 8.04. The van der Waals surface area contributed by atoms with Gasteiger partial charge in [0.1, 0.15) is 16.7 Å². The van der Waals surface area contributed by atoms with E-state index in [2.05, 4.69) is 21.4 Å². The van der Waals surface area contributed by atoms with E-state index in [1.807, 2.05) is 0 Å². The summed E-state index contributed by atoms with van der Waals surface area (Å²) in [6, 6.07) is 2.08. The summed E-state index contributed by atoms with van der Waals surface area (Å²) >= 11 is 5.81. The van der Waals surface area contributed by atoms with E-state index < -0.39 is 0 Å². The molecule has 0 aliphatic carbocycles. The smallest absolute Gasteiger partial charge is 0.194 e. The standard InChI is InChI=1S/C10H9ClN6/c1-5-6(2)14-15-10(7(5)3-12)17-4-8(11)9(13)16-17/h4H,1-2H3,(H2,13,16). The normalized spacial score (nSPS) is 10.2. The lowest BCUT2D eigenvalue weighted by molar-refractivity contribution is 0.799. The van der Waals surface area contributed by atoms with Crippen LogP contribution in [0, 0.1) is 25.2 Å². The highest BCUT2D eigenvalue weighted by Gasteiger charge is 2.14. The van der Waals surface area contributed by atoms with Crippen LogP contribution in [0.25, 0.3) is 5.82 Å². The van der Waals surface area contributed by atoms with E-state index in [1.54, 1.807) is 13.8 Å². The molecule has 17 heavy (non-hydrogen) atoms.